The van der Waals surface area contributed by atoms with Crippen LogP contribution in [0.1, 0.15) is 25.7 Å². The summed E-state index contributed by atoms with van der Waals surface area (Å²) in [6.45, 7) is 0.524. The second-order valence-electron chi connectivity index (χ2n) is 4.84. The van der Waals surface area contributed by atoms with Crippen molar-refractivity contribution in [2.24, 2.45) is 0 Å². The largest absolute Gasteiger partial charge is 0.396 e. The third-order valence-electron chi connectivity index (χ3n) is 3.49. The molecule has 17 heavy (non-hydrogen) atoms. The fraction of sp³-hybridized carbons (Fsp3) is 0.900. The lowest BCUT2D eigenvalue weighted by Gasteiger charge is -2.33. The number of aliphatic hydroxyl groups excluding tert-OH is 1. The lowest BCUT2D eigenvalue weighted by molar-refractivity contribution is -0.129. The molecule has 0 radical (unpaired) electrons. The van der Waals surface area contributed by atoms with Gasteiger partial charge in [-0.05, 0) is 19.3 Å². The molecule has 0 aliphatic carbocycles. The Bertz CT molecular complexity index is 393. The van der Waals surface area contributed by atoms with Crippen molar-refractivity contribution in [3.63, 3.8) is 0 Å². The van der Waals surface area contributed by atoms with Crippen molar-refractivity contribution >= 4 is 15.7 Å². The molecule has 2 N–H and O–H groups in total. The number of nitrogens with zero attached hydrogens (tertiary/aromatic N) is 1. The predicted octanol–water partition coefficient (Wildman–Crippen LogP) is -0.947. The summed E-state index contributed by atoms with van der Waals surface area (Å²) in [6, 6.07) is 0. The fourth-order valence-corrected chi connectivity index (χ4v) is 4.01. The molecule has 6 nitrogen and oxygen atoms in total. The van der Waals surface area contributed by atoms with Gasteiger partial charge in [0.1, 0.15) is 9.84 Å². The number of amides is 1. The molecule has 2 rings (SSSR count). The van der Waals surface area contributed by atoms with Crippen LogP contribution >= 0.6 is 0 Å². The second kappa shape index (κ2) is 4.55. The monoisotopic (exact) mass is 262 g/mol. The van der Waals surface area contributed by atoms with Crippen molar-refractivity contribution in [2.45, 2.75) is 31.2 Å². The normalized spacial score (nSPS) is 26.6. The number of nitrogens with one attached hydrogen (secondary N) is 1. The smallest absolute Gasteiger partial charge is 0.238 e. The van der Waals surface area contributed by atoms with E-state index in [9.17, 15) is 13.2 Å². The fourth-order valence-electron chi connectivity index (χ4n) is 2.40. The highest BCUT2D eigenvalue weighted by Gasteiger charge is 2.45. The molecule has 0 aromatic rings. The molecule has 7 heteroatoms. The van der Waals surface area contributed by atoms with Gasteiger partial charge in [-0.3, -0.25) is 9.80 Å². The maximum Gasteiger partial charge on any atom is 0.238 e. The van der Waals surface area contributed by atoms with E-state index in [1.54, 1.807) is 0 Å². The lowest BCUT2D eigenvalue weighted by atomic mass is 9.91. The van der Waals surface area contributed by atoms with Gasteiger partial charge in [-0.1, -0.05) is 0 Å². The van der Waals surface area contributed by atoms with E-state index in [1.165, 1.54) is 5.01 Å². The number of hydrogen-bond acceptors (Lipinski definition) is 5. The van der Waals surface area contributed by atoms with Crippen molar-refractivity contribution in [1.82, 2.24) is 10.4 Å². The van der Waals surface area contributed by atoms with Crippen LogP contribution in [-0.2, 0) is 14.6 Å². The molecule has 0 bridgehead atoms. The Kier molecular flexibility index (Phi) is 3.42. The van der Waals surface area contributed by atoms with Crippen LogP contribution in [-0.4, -0.2) is 54.6 Å². The van der Waals surface area contributed by atoms with E-state index in [0.29, 0.717) is 32.2 Å². The SMILES string of the molecule is O=C1CC2(CCS(=O)(=O)CC2)NN1CCCO. The first-order chi connectivity index (χ1) is 7.96. The van der Waals surface area contributed by atoms with Crippen molar-refractivity contribution in [3.05, 3.63) is 0 Å². The second-order valence-corrected chi connectivity index (χ2v) is 7.15. The molecule has 1 spiro atoms. The molecule has 2 heterocycles. The summed E-state index contributed by atoms with van der Waals surface area (Å²) in [5.41, 5.74) is 2.77. The number of carbonyl (C=O) groups excluding carboxylic acids is 1. The lowest BCUT2D eigenvalue weighted by Crippen LogP contribution is -2.50. The van der Waals surface area contributed by atoms with Crippen LogP contribution in [0.25, 0.3) is 0 Å². The van der Waals surface area contributed by atoms with Gasteiger partial charge in [0, 0.05) is 25.1 Å². The minimum Gasteiger partial charge on any atom is -0.396 e. The van der Waals surface area contributed by atoms with Crippen molar-refractivity contribution in [1.29, 1.82) is 0 Å². The molecule has 0 unspecified atom stereocenters. The van der Waals surface area contributed by atoms with Crippen LogP contribution in [0.4, 0.5) is 0 Å². The summed E-state index contributed by atoms with van der Waals surface area (Å²) in [7, 11) is -2.91. The number of carbonyl (C=O) groups is 1. The molecular weight excluding hydrogens is 244 g/mol. The first kappa shape index (κ1) is 12.8. The molecule has 2 aliphatic heterocycles. The van der Waals surface area contributed by atoms with Gasteiger partial charge in [0.15, 0.2) is 0 Å². The van der Waals surface area contributed by atoms with Crippen molar-refractivity contribution in [3.8, 4) is 0 Å². The zero-order chi connectivity index (χ0) is 12.5. The van der Waals surface area contributed by atoms with E-state index >= 15 is 0 Å². The maximum atomic E-state index is 11.7. The van der Waals surface area contributed by atoms with Gasteiger partial charge < -0.3 is 5.11 Å². The van der Waals surface area contributed by atoms with E-state index < -0.39 is 9.84 Å². The number of rotatable bonds is 3. The van der Waals surface area contributed by atoms with Crippen LogP contribution < -0.4 is 5.43 Å². The molecule has 0 aromatic heterocycles. The number of hydrogen-bond donors (Lipinski definition) is 2. The van der Waals surface area contributed by atoms with Crippen LogP contribution in [0.5, 0.6) is 0 Å². The highest BCUT2D eigenvalue weighted by molar-refractivity contribution is 7.91. The Morgan fingerprint density at radius 1 is 1.35 bits per heavy atom. The molecule has 0 aromatic carbocycles. The van der Waals surface area contributed by atoms with Crippen LogP contribution in [0.15, 0.2) is 0 Å². The predicted molar refractivity (Wildman–Crippen MR) is 61.8 cm³/mol. The highest BCUT2D eigenvalue weighted by atomic mass is 32.2. The van der Waals surface area contributed by atoms with Crippen LogP contribution in [0.3, 0.4) is 0 Å². The van der Waals surface area contributed by atoms with Gasteiger partial charge in [-0.2, -0.15) is 0 Å². The maximum absolute atomic E-state index is 11.7. The molecule has 0 saturated carbocycles. The van der Waals surface area contributed by atoms with Gasteiger partial charge >= 0.3 is 0 Å². The molecule has 2 fully saturated rings. The number of hydrazine groups is 1. The summed E-state index contributed by atoms with van der Waals surface area (Å²) in [5, 5.41) is 10.3. The highest BCUT2D eigenvalue weighted by Crippen LogP contribution is 2.32. The minimum absolute atomic E-state index is 0.00209. The summed E-state index contributed by atoms with van der Waals surface area (Å²) >= 11 is 0. The van der Waals surface area contributed by atoms with Crippen molar-refractivity contribution in [2.75, 3.05) is 24.7 Å². The van der Waals surface area contributed by atoms with Gasteiger partial charge in [0.2, 0.25) is 5.91 Å². The average molecular weight is 262 g/mol. The summed E-state index contributed by atoms with van der Waals surface area (Å²) in [5.74, 6) is 0.306. The Labute approximate surface area is 101 Å². The van der Waals surface area contributed by atoms with Gasteiger partial charge in [0.25, 0.3) is 0 Å². The van der Waals surface area contributed by atoms with Gasteiger partial charge in [0.05, 0.1) is 11.5 Å². The molecule has 2 aliphatic rings. The van der Waals surface area contributed by atoms with Crippen LogP contribution in [0, 0.1) is 0 Å². The summed E-state index contributed by atoms with van der Waals surface area (Å²) in [6.07, 6.45) is 1.90. The topological polar surface area (TPSA) is 86.7 Å². The van der Waals surface area contributed by atoms with E-state index in [1.807, 2.05) is 0 Å². The van der Waals surface area contributed by atoms with Gasteiger partial charge in [-0.25, -0.2) is 13.8 Å². The summed E-state index contributed by atoms with van der Waals surface area (Å²) < 4.78 is 22.7. The van der Waals surface area contributed by atoms with E-state index in [4.69, 9.17) is 5.11 Å². The molecule has 98 valence electrons. The third-order valence-corrected chi connectivity index (χ3v) is 5.14. The number of sulfone groups is 1. The van der Waals surface area contributed by atoms with Gasteiger partial charge in [-0.15, -0.1) is 0 Å². The Balaban J connectivity index is 1.98. The first-order valence-corrected chi connectivity index (χ1v) is 7.68. The Morgan fingerprint density at radius 2 is 2.00 bits per heavy atom. The Hall–Kier alpha value is -0.660. The van der Waals surface area contributed by atoms with E-state index in [0.717, 1.165) is 0 Å². The Morgan fingerprint density at radius 3 is 2.59 bits per heavy atom. The van der Waals surface area contributed by atoms with Crippen molar-refractivity contribution < 1.29 is 18.3 Å². The molecule has 2 saturated heterocycles. The molecule has 0 atom stereocenters. The zero-order valence-electron chi connectivity index (χ0n) is 9.68. The van der Waals surface area contributed by atoms with Crippen LogP contribution in [0.2, 0.25) is 0 Å². The quantitative estimate of drug-likeness (QED) is 0.685. The minimum atomic E-state index is -2.91. The standard InChI is InChI=1S/C10H18N2O4S/c13-5-1-4-12-9(14)8-10(11-12)2-6-17(15,16)7-3-10/h11,13H,1-8H2. The van der Waals surface area contributed by atoms with E-state index in [2.05, 4.69) is 5.43 Å². The molecule has 1 amide bonds. The van der Waals surface area contributed by atoms with E-state index in [-0.39, 0.29) is 29.6 Å². The first-order valence-electron chi connectivity index (χ1n) is 5.86. The average Bonchev–Trinajstić information content (AvgIpc) is 2.58. The summed E-state index contributed by atoms with van der Waals surface area (Å²) in [4.78, 5) is 11.7. The zero-order valence-corrected chi connectivity index (χ0v) is 10.5. The molecular formula is C10H18N2O4S. The number of aliphatic hydroxyl groups is 1. The third kappa shape index (κ3) is 2.78.